The molecular formula is C31H25N3O4S. The highest BCUT2D eigenvalue weighted by Crippen LogP contribution is 2.31. The molecule has 4 aromatic rings. The number of rotatable bonds is 7. The average molecular weight is 536 g/mol. The summed E-state index contributed by atoms with van der Waals surface area (Å²) in [4.78, 5) is 32.8. The first-order valence-corrected chi connectivity index (χ1v) is 13.0. The first-order chi connectivity index (χ1) is 19.0. The number of terminal acetylenes is 1. The Hall–Kier alpha value is -4.87. The van der Waals surface area contributed by atoms with Gasteiger partial charge in [-0.25, -0.2) is 4.99 Å². The van der Waals surface area contributed by atoms with Crippen molar-refractivity contribution in [1.82, 2.24) is 4.57 Å². The number of methoxy groups -OCH3 is 1. The molecular weight excluding hydrogens is 510 g/mol. The summed E-state index contributed by atoms with van der Waals surface area (Å²) in [6.45, 7) is 1.90. The fourth-order valence-corrected chi connectivity index (χ4v) is 5.46. The number of nitrogens with one attached hydrogen (secondary N) is 1. The van der Waals surface area contributed by atoms with Gasteiger partial charge in [-0.1, -0.05) is 65.8 Å². The number of carbonyl (C=O) groups excluding carboxylic acids is 1. The van der Waals surface area contributed by atoms with Crippen LogP contribution in [0.5, 0.6) is 11.5 Å². The number of para-hydroxylation sites is 2. The van der Waals surface area contributed by atoms with Crippen LogP contribution < -0.4 is 29.7 Å². The van der Waals surface area contributed by atoms with Gasteiger partial charge in [-0.2, -0.15) is 0 Å². The van der Waals surface area contributed by atoms with Crippen molar-refractivity contribution < 1.29 is 14.3 Å². The summed E-state index contributed by atoms with van der Waals surface area (Å²) in [7, 11) is 1.59. The molecule has 7 nitrogen and oxygen atoms in total. The molecule has 194 valence electrons. The van der Waals surface area contributed by atoms with Gasteiger partial charge in [0.25, 0.3) is 11.5 Å². The molecule has 0 radical (unpaired) electrons. The first-order valence-electron chi connectivity index (χ1n) is 12.2. The number of amides is 1. The van der Waals surface area contributed by atoms with E-state index in [1.165, 1.54) is 11.3 Å². The quantitative estimate of drug-likeness (QED) is 0.364. The number of hydrogen-bond acceptors (Lipinski definition) is 6. The zero-order valence-corrected chi connectivity index (χ0v) is 22.2. The van der Waals surface area contributed by atoms with Crippen LogP contribution in [0.1, 0.15) is 24.1 Å². The molecule has 0 aliphatic carbocycles. The van der Waals surface area contributed by atoms with Crippen molar-refractivity contribution in [3.63, 3.8) is 0 Å². The van der Waals surface area contributed by atoms with Crippen molar-refractivity contribution >= 4 is 29.0 Å². The molecule has 1 atom stereocenters. The number of fused-ring (bicyclic) bond motifs is 1. The molecule has 8 heteroatoms. The molecule has 0 saturated heterocycles. The molecule has 1 aromatic heterocycles. The number of allylic oxidation sites excluding steroid dienone is 1. The minimum absolute atomic E-state index is 0.114. The Morgan fingerprint density at radius 1 is 1.10 bits per heavy atom. The van der Waals surface area contributed by atoms with Crippen molar-refractivity contribution in [2.75, 3.05) is 19.0 Å². The summed E-state index contributed by atoms with van der Waals surface area (Å²) in [6.07, 6.45) is 7.13. The highest BCUT2D eigenvalue weighted by Gasteiger charge is 2.32. The van der Waals surface area contributed by atoms with E-state index in [-0.39, 0.29) is 18.1 Å². The topological polar surface area (TPSA) is 81.9 Å². The minimum atomic E-state index is -0.689. The van der Waals surface area contributed by atoms with E-state index < -0.39 is 6.04 Å². The SMILES string of the molecule is C#CCOc1ccccc1C=c1sc2n(c1=O)C(c1ccc(OC)cc1)C(C(=O)Nc1ccccc1)=C(C)N=2. The third kappa shape index (κ3) is 5.26. The molecule has 39 heavy (non-hydrogen) atoms. The molecule has 1 aliphatic heterocycles. The van der Waals surface area contributed by atoms with Crippen molar-refractivity contribution in [3.05, 3.63) is 121 Å². The third-order valence-corrected chi connectivity index (χ3v) is 7.23. The van der Waals surface area contributed by atoms with E-state index in [0.717, 1.165) is 11.1 Å². The number of anilines is 1. The van der Waals surface area contributed by atoms with Crippen LogP contribution in [0.4, 0.5) is 5.69 Å². The molecule has 0 fully saturated rings. The van der Waals surface area contributed by atoms with E-state index in [2.05, 4.69) is 11.2 Å². The monoisotopic (exact) mass is 535 g/mol. The summed E-state index contributed by atoms with van der Waals surface area (Å²) >= 11 is 1.26. The Labute approximate surface area is 229 Å². The fraction of sp³-hybridized carbons (Fsp3) is 0.129. The van der Waals surface area contributed by atoms with Gasteiger partial charge in [-0.05, 0) is 48.9 Å². The normalized spacial score (nSPS) is 14.7. The van der Waals surface area contributed by atoms with E-state index in [1.54, 1.807) is 30.7 Å². The lowest BCUT2D eigenvalue weighted by Gasteiger charge is -2.25. The Morgan fingerprint density at radius 2 is 1.82 bits per heavy atom. The molecule has 2 heterocycles. The molecule has 1 amide bonds. The van der Waals surface area contributed by atoms with Crippen molar-refractivity contribution in [2.24, 2.45) is 4.99 Å². The standard InChI is InChI=1S/C31H25N3O4S/c1-4-18-38-25-13-9-8-10-22(25)19-26-30(36)34-28(21-14-16-24(37-3)17-15-21)27(20(2)32-31(34)39-26)29(35)33-23-11-6-5-7-12-23/h1,5-17,19,28H,18H2,2-3H3,(H,33,35). The lowest BCUT2D eigenvalue weighted by Crippen LogP contribution is -2.40. The lowest BCUT2D eigenvalue weighted by molar-refractivity contribution is -0.113. The Balaban J connectivity index is 1.66. The van der Waals surface area contributed by atoms with Gasteiger partial charge >= 0.3 is 0 Å². The number of carbonyl (C=O) groups is 1. The number of nitrogens with zero attached hydrogens (tertiary/aromatic N) is 2. The number of thiazole rings is 1. The Kier molecular flexibility index (Phi) is 7.43. The predicted molar refractivity (Wildman–Crippen MR) is 153 cm³/mol. The summed E-state index contributed by atoms with van der Waals surface area (Å²) in [6, 6.07) is 23.2. The van der Waals surface area contributed by atoms with E-state index in [4.69, 9.17) is 20.9 Å². The average Bonchev–Trinajstić information content (AvgIpc) is 3.26. The van der Waals surface area contributed by atoms with Crippen LogP contribution in [-0.2, 0) is 4.79 Å². The maximum Gasteiger partial charge on any atom is 0.271 e. The number of ether oxygens (including phenoxy) is 2. The highest BCUT2D eigenvalue weighted by atomic mass is 32.1. The van der Waals surface area contributed by atoms with E-state index in [1.807, 2.05) is 72.8 Å². The second kappa shape index (κ2) is 11.3. The maximum atomic E-state index is 13.9. The van der Waals surface area contributed by atoms with Crippen molar-refractivity contribution in [2.45, 2.75) is 13.0 Å². The molecule has 0 bridgehead atoms. The van der Waals surface area contributed by atoms with Gasteiger partial charge in [-0.3, -0.25) is 14.2 Å². The minimum Gasteiger partial charge on any atom is -0.497 e. The van der Waals surface area contributed by atoms with Gasteiger partial charge in [0, 0.05) is 11.3 Å². The molecule has 1 aliphatic rings. The Bertz CT molecular complexity index is 1780. The van der Waals surface area contributed by atoms with Crippen molar-refractivity contribution in [3.8, 4) is 23.8 Å². The fourth-order valence-electron chi connectivity index (χ4n) is 4.43. The molecule has 1 unspecified atom stereocenters. The first kappa shape index (κ1) is 25.8. The van der Waals surface area contributed by atoms with E-state index in [9.17, 15) is 9.59 Å². The smallest absolute Gasteiger partial charge is 0.271 e. The second-order valence-corrected chi connectivity index (χ2v) is 9.71. The van der Waals surface area contributed by atoms with Gasteiger partial charge < -0.3 is 14.8 Å². The number of hydrogen-bond donors (Lipinski definition) is 1. The predicted octanol–water partition coefficient (Wildman–Crippen LogP) is 3.89. The van der Waals surface area contributed by atoms with Crippen LogP contribution >= 0.6 is 11.3 Å². The van der Waals surface area contributed by atoms with Gasteiger partial charge in [0.2, 0.25) is 0 Å². The number of benzene rings is 3. The molecule has 0 spiro atoms. The zero-order valence-electron chi connectivity index (χ0n) is 21.4. The van der Waals surface area contributed by atoms with E-state index >= 15 is 0 Å². The summed E-state index contributed by atoms with van der Waals surface area (Å²) in [5, 5.41) is 2.95. The van der Waals surface area contributed by atoms with Gasteiger partial charge in [0.15, 0.2) is 4.80 Å². The molecule has 3 aromatic carbocycles. The molecule has 0 saturated carbocycles. The Morgan fingerprint density at radius 3 is 2.54 bits per heavy atom. The highest BCUT2D eigenvalue weighted by molar-refractivity contribution is 7.07. The van der Waals surface area contributed by atoms with Crippen LogP contribution in [0, 0.1) is 12.3 Å². The van der Waals surface area contributed by atoms with Gasteiger partial charge in [0.1, 0.15) is 18.1 Å². The van der Waals surface area contributed by atoms with Crippen LogP contribution in [0.2, 0.25) is 0 Å². The van der Waals surface area contributed by atoms with Crippen LogP contribution in [0.3, 0.4) is 0 Å². The largest absolute Gasteiger partial charge is 0.497 e. The number of aromatic nitrogens is 1. The lowest BCUT2D eigenvalue weighted by atomic mass is 9.95. The molecule has 1 N–H and O–H groups in total. The van der Waals surface area contributed by atoms with Crippen LogP contribution in [0.25, 0.3) is 6.08 Å². The van der Waals surface area contributed by atoms with Crippen LogP contribution in [-0.4, -0.2) is 24.2 Å². The molecule has 5 rings (SSSR count). The second-order valence-electron chi connectivity index (χ2n) is 8.71. The summed E-state index contributed by atoms with van der Waals surface area (Å²) in [5.41, 5.74) is 2.79. The summed E-state index contributed by atoms with van der Waals surface area (Å²) < 4.78 is 13.0. The maximum absolute atomic E-state index is 13.9. The van der Waals surface area contributed by atoms with Crippen LogP contribution in [0.15, 0.2) is 99.9 Å². The third-order valence-electron chi connectivity index (χ3n) is 6.25. The van der Waals surface area contributed by atoms with E-state index in [0.29, 0.717) is 37.8 Å². The van der Waals surface area contributed by atoms with Gasteiger partial charge in [0.05, 0.1) is 29.0 Å². The van der Waals surface area contributed by atoms with Crippen molar-refractivity contribution in [1.29, 1.82) is 0 Å². The zero-order chi connectivity index (χ0) is 27.4. The summed E-state index contributed by atoms with van der Waals surface area (Å²) in [5.74, 6) is 3.38. The van der Waals surface area contributed by atoms with Gasteiger partial charge in [-0.15, -0.1) is 6.42 Å².